The van der Waals surface area contributed by atoms with Crippen molar-refractivity contribution in [1.82, 2.24) is 0 Å². The second-order valence-corrected chi connectivity index (χ2v) is 11.9. The van der Waals surface area contributed by atoms with Gasteiger partial charge in [0.2, 0.25) is 0 Å². The van der Waals surface area contributed by atoms with Crippen molar-refractivity contribution in [2.45, 2.75) is 22.8 Å². The van der Waals surface area contributed by atoms with E-state index in [0.717, 1.165) is 23.2 Å². The first-order valence-corrected chi connectivity index (χ1v) is 14.4. The van der Waals surface area contributed by atoms with E-state index in [0.29, 0.717) is 0 Å². The fourth-order valence-corrected chi connectivity index (χ4v) is 5.23. The summed E-state index contributed by atoms with van der Waals surface area (Å²) in [4.78, 5) is 12.0. The SMILES string of the molecule is COc1ccc(N=NC2C(=O)N(c3ccc(S(=O)(=O)[O-])cc3)N=C2C)cc1S(=O)(=O)CCOS(=O)(=O)O.[Na+].[Na+]. The van der Waals surface area contributed by atoms with Gasteiger partial charge in [0, 0.05) is 0 Å². The van der Waals surface area contributed by atoms with Crippen molar-refractivity contribution < 1.29 is 107 Å². The summed E-state index contributed by atoms with van der Waals surface area (Å²) in [6.45, 7) is 0.650. The normalized spacial score (nSPS) is 16.0. The van der Waals surface area contributed by atoms with Crippen LogP contribution in [-0.2, 0) is 39.3 Å². The minimum Gasteiger partial charge on any atom is -0.744 e. The zero-order valence-electron chi connectivity index (χ0n) is 21.1. The van der Waals surface area contributed by atoms with Crippen LogP contribution in [0, 0.1) is 0 Å². The van der Waals surface area contributed by atoms with Gasteiger partial charge in [-0.3, -0.25) is 9.35 Å². The Morgan fingerprint density at radius 3 is 2.21 bits per heavy atom. The van der Waals surface area contributed by atoms with E-state index in [1.165, 1.54) is 38.3 Å². The summed E-state index contributed by atoms with van der Waals surface area (Å²) < 4.78 is 97.7. The number of rotatable bonds is 10. The van der Waals surface area contributed by atoms with Crippen molar-refractivity contribution in [2.75, 3.05) is 24.5 Å². The Kier molecular flexibility index (Phi) is 12.9. The Morgan fingerprint density at radius 1 is 1.05 bits per heavy atom. The minimum atomic E-state index is -4.83. The third-order valence-corrected chi connectivity index (χ3v) is 7.83. The first-order valence-electron chi connectivity index (χ1n) is 10.0. The summed E-state index contributed by atoms with van der Waals surface area (Å²) in [5.41, 5.74) is 0.427. The topological polar surface area (TPSA) is 222 Å². The van der Waals surface area contributed by atoms with E-state index in [2.05, 4.69) is 19.5 Å². The number of azo groups is 1. The van der Waals surface area contributed by atoms with Crippen LogP contribution in [0.3, 0.4) is 0 Å². The van der Waals surface area contributed by atoms with Crippen LogP contribution in [0.5, 0.6) is 5.75 Å². The molecule has 0 fully saturated rings. The summed E-state index contributed by atoms with van der Waals surface area (Å²) in [6, 6.07) is 7.08. The molecule has 20 heteroatoms. The first-order chi connectivity index (χ1) is 17.1. The van der Waals surface area contributed by atoms with Gasteiger partial charge in [-0.15, -0.1) is 0 Å². The predicted octanol–water partition coefficient (Wildman–Crippen LogP) is -4.92. The van der Waals surface area contributed by atoms with Gasteiger partial charge in [0.1, 0.15) is 20.8 Å². The number of nitrogens with zero attached hydrogens (tertiary/aromatic N) is 4. The number of amides is 1. The van der Waals surface area contributed by atoms with Crippen molar-refractivity contribution in [1.29, 1.82) is 0 Å². The molecule has 0 saturated heterocycles. The second kappa shape index (κ2) is 14.1. The molecule has 0 spiro atoms. The third-order valence-electron chi connectivity index (χ3n) is 4.82. The van der Waals surface area contributed by atoms with Crippen LogP contribution >= 0.6 is 0 Å². The maximum absolute atomic E-state index is 12.8. The molecule has 39 heavy (non-hydrogen) atoms. The molecule has 1 amide bonds. The quantitative estimate of drug-likeness (QED) is 0.150. The summed E-state index contributed by atoms with van der Waals surface area (Å²) in [5, 5.41) is 12.9. The van der Waals surface area contributed by atoms with Gasteiger partial charge in [-0.05, 0) is 49.4 Å². The average molecular weight is 622 g/mol. The van der Waals surface area contributed by atoms with Crippen molar-refractivity contribution in [3.8, 4) is 5.75 Å². The molecule has 1 aliphatic heterocycles. The van der Waals surface area contributed by atoms with Crippen LogP contribution in [0.1, 0.15) is 6.92 Å². The number of carbonyl (C=O) groups excluding carboxylic acids is 1. The molecule has 2 aromatic rings. The number of benzene rings is 2. The summed E-state index contributed by atoms with van der Waals surface area (Å²) in [6.07, 6.45) is 0. The van der Waals surface area contributed by atoms with Crippen molar-refractivity contribution in [2.24, 2.45) is 15.3 Å². The van der Waals surface area contributed by atoms with Gasteiger partial charge in [0.25, 0.3) is 5.91 Å². The van der Waals surface area contributed by atoms with E-state index in [4.69, 9.17) is 9.29 Å². The maximum atomic E-state index is 12.8. The van der Waals surface area contributed by atoms with Gasteiger partial charge in [-0.1, -0.05) is 0 Å². The second-order valence-electron chi connectivity index (χ2n) is 7.36. The van der Waals surface area contributed by atoms with Gasteiger partial charge in [-0.25, -0.2) is 21.0 Å². The van der Waals surface area contributed by atoms with Gasteiger partial charge in [0.05, 0.1) is 41.5 Å². The molecule has 200 valence electrons. The molecule has 1 unspecified atom stereocenters. The Balaban J connectivity index is 0.00000380. The molecule has 1 N–H and O–H groups in total. The van der Waals surface area contributed by atoms with Gasteiger partial charge < -0.3 is 9.29 Å². The molecule has 3 rings (SSSR count). The van der Waals surface area contributed by atoms with E-state index in [-0.39, 0.29) is 86.8 Å². The number of hydrogen-bond acceptors (Lipinski definition) is 13. The van der Waals surface area contributed by atoms with Crippen LogP contribution in [0.25, 0.3) is 0 Å². The Labute approximate surface area is 268 Å². The standard InChI is InChI=1S/C19H20N4O11S3.2Na/c1-12-18(19(24)23(22-12)14-4-6-15(7-5-14)36(27,28)29)21-20-13-3-8-16(33-2)17(11-13)35(25,26)10-9-34-37(30,31)32;;/h3-8,11,18H,9-10H2,1-2H3,(H,27,28,29)(H,30,31,32);;/q;2*+1/p-1. The molecule has 1 aliphatic rings. The van der Waals surface area contributed by atoms with Crippen LogP contribution in [0.2, 0.25) is 0 Å². The van der Waals surface area contributed by atoms with Crippen LogP contribution < -0.4 is 68.9 Å². The monoisotopic (exact) mass is 621 g/mol. The maximum Gasteiger partial charge on any atom is 1.00 e. The average Bonchev–Trinajstić information content (AvgIpc) is 3.09. The van der Waals surface area contributed by atoms with Gasteiger partial charge in [-0.2, -0.15) is 28.8 Å². The molecule has 0 saturated carbocycles. The molecule has 15 nitrogen and oxygen atoms in total. The van der Waals surface area contributed by atoms with E-state index in [1.54, 1.807) is 0 Å². The van der Waals surface area contributed by atoms with E-state index in [1.807, 2.05) is 0 Å². The number of carbonyl (C=O) groups is 1. The van der Waals surface area contributed by atoms with Crippen LogP contribution in [0.4, 0.5) is 11.4 Å². The fourth-order valence-electron chi connectivity index (χ4n) is 3.08. The fraction of sp³-hybridized carbons (Fsp3) is 0.263. The molecule has 0 aliphatic carbocycles. The van der Waals surface area contributed by atoms with Gasteiger partial charge in [0.15, 0.2) is 15.9 Å². The van der Waals surface area contributed by atoms with Crippen LogP contribution in [-0.4, -0.2) is 71.5 Å². The molecular formula is C19H19N4Na2O11S3+. The molecule has 0 bridgehead atoms. The van der Waals surface area contributed by atoms with Crippen molar-refractivity contribution in [3.05, 3.63) is 42.5 Å². The molecule has 0 aromatic heterocycles. The molecular weight excluding hydrogens is 602 g/mol. The predicted molar refractivity (Wildman–Crippen MR) is 126 cm³/mol. The smallest absolute Gasteiger partial charge is 0.744 e. The number of hydrogen-bond donors (Lipinski definition) is 1. The first kappa shape index (κ1) is 35.7. The van der Waals surface area contributed by atoms with E-state index >= 15 is 0 Å². The molecule has 1 atom stereocenters. The summed E-state index contributed by atoms with van der Waals surface area (Å²) >= 11 is 0. The number of ether oxygens (including phenoxy) is 1. The Bertz CT molecular complexity index is 1600. The largest absolute Gasteiger partial charge is 1.00 e. The number of anilines is 1. The van der Waals surface area contributed by atoms with Crippen molar-refractivity contribution >= 4 is 53.3 Å². The van der Waals surface area contributed by atoms with Crippen molar-refractivity contribution in [3.63, 3.8) is 0 Å². The third kappa shape index (κ3) is 9.37. The number of methoxy groups -OCH3 is 1. The Hall–Kier alpha value is -1.29. The Morgan fingerprint density at radius 2 is 1.67 bits per heavy atom. The number of sulfone groups is 1. The molecule has 2 aromatic carbocycles. The van der Waals surface area contributed by atoms with E-state index in [9.17, 15) is 34.6 Å². The summed E-state index contributed by atoms with van der Waals surface area (Å²) in [7, 11) is -12.4. The molecule has 0 radical (unpaired) electrons. The minimum absolute atomic E-state index is 0. The summed E-state index contributed by atoms with van der Waals surface area (Å²) in [5.74, 6) is -1.52. The zero-order chi connectivity index (χ0) is 27.6. The van der Waals surface area contributed by atoms with Gasteiger partial charge >= 0.3 is 69.5 Å². The zero-order valence-corrected chi connectivity index (χ0v) is 27.5. The van der Waals surface area contributed by atoms with Crippen LogP contribution in [0.15, 0.2) is 67.6 Å². The number of hydrazone groups is 1. The molecule has 1 heterocycles. The van der Waals surface area contributed by atoms with E-state index < -0.39 is 59.6 Å².